The maximum absolute atomic E-state index is 6.37. The highest BCUT2D eigenvalue weighted by Crippen LogP contribution is 2.46. The number of nitrogens with zero attached hydrogens (tertiary/aromatic N) is 3. The van der Waals surface area contributed by atoms with E-state index in [1.54, 1.807) is 0 Å². The van der Waals surface area contributed by atoms with Crippen LogP contribution in [0.4, 0.5) is 34.1 Å². The molecule has 0 aliphatic rings. The lowest BCUT2D eigenvalue weighted by Gasteiger charge is -2.26. The standard InChI is InChI=1S/C74H47N3O2/c1-3-14-48(15-4-1)50-26-31-55(32-27-50)75(58-37-40-73-66(45-58)63-21-9-11-24-71(63)78-73)57-35-30-53-43-65-62-39-36-60(47-70(62)77(69(65)44-54(53)42-57)68-23-13-19-52-18-7-8-20-61(52)68)76(56-33-28-51(29-34-56)49-16-5-2-6-17-49)59-38-41-74-67(46-59)64-22-10-12-25-72(64)79-74/h1-47H. The van der Waals surface area contributed by atoms with Crippen LogP contribution in [-0.2, 0) is 0 Å². The van der Waals surface area contributed by atoms with Gasteiger partial charge in [-0.3, -0.25) is 0 Å². The molecular weight excluding hydrogens is 963 g/mol. The number of aromatic nitrogens is 1. The monoisotopic (exact) mass is 1010 g/mol. The van der Waals surface area contributed by atoms with E-state index < -0.39 is 0 Å². The van der Waals surface area contributed by atoms with Crippen LogP contribution in [-0.4, -0.2) is 4.57 Å². The Bertz CT molecular complexity index is 5010. The van der Waals surface area contributed by atoms with E-state index in [9.17, 15) is 0 Å². The predicted octanol–water partition coefficient (Wildman–Crippen LogP) is 21.2. The Morgan fingerprint density at radius 1 is 0.228 bits per heavy atom. The van der Waals surface area contributed by atoms with Crippen molar-refractivity contribution in [1.29, 1.82) is 0 Å². The molecule has 370 valence electrons. The Morgan fingerprint density at radius 2 is 0.671 bits per heavy atom. The molecule has 0 aliphatic carbocycles. The summed E-state index contributed by atoms with van der Waals surface area (Å²) in [4.78, 5) is 4.75. The molecule has 79 heavy (non-hydrogen) atoms. The van der Waals surface area contributed by atoms with Gasteiger partial charge in [0.1, 0.15) is 22.3 Å². The fourth-order valence-electron chi connectivity index (χ4n) is 12.1. The molecule has 3 heterocycles. The van der Waals surface area contributed by atoms with Gasteiger partial charge in [0, 0.05) is 71.8 Å². The molecule has 16 rings (SSSR count). The predicted molar refractivity (Wildman–Crippen MR) is 331 cm³/mol. The van der Waals surface area contributed by atoms with Gasteiger partial charge in [-0.05, 0) is 154 Å². The lowest BCUT2D eigenvalue weighted by Crippen LogP contribution is -2.10. The van der Waals surface area contributed by atoms with Gasteiger partial charge in [0.25, 0.3) is 0 Å². The number of hydrogen-bond donors (Lipinski definition) is 0. The van der Waals surface area contributed by atoms with Crippen molar-refractivity contribution in [3.8, 4) is 27.9 Å². The van der Waals surface area contributed by atoms with Gasteiger partial charge in [-0.25, -0.2) is 0 Å². The van der Waals surface area contributed by atoms with Crippen LogP contribution in [0.3, 0.4) is 0 Å². The number of rotatable bonds is 9. The third-order valence-electron chi connectivity index (χ3n) is 15.9. The Kier molecular flexibility index (Phi) is 10.2. The highest BCUT2D eigenvalue weighted by Gasteiger charge is 2.22. The Balaban J connectivity index is 0.904. The minimum atomic E-state index is 0.864. The van der Waals surface area contributed by atoms with E-state index in [-0.39, 0.29) is 0 Å². The largest absolute Gasteiger partial charge is 0.456 e. The van der Waals surface area contributed by atoms with Crippen molar-refractivity contribution in [3.63, 3.8) is 0 Å². The molecule has 0 saturated heterocycles. The van der Waals surface area contributed by atoms with Crippen molar-refractivity contribution in [2.45, 2.75) is 0 Å². The molecule has 0 fully saturated rings. The van der Waals surface area contributed by atoms with E-state index in [1.807, 2.05) is 24.3 Å². The summed E-state index contributed by atoms with van der Waals surface area (Å²) in [6, 6.07) is 103. The Labute approximate surface area is 455 Å². The van der Waals surface area contributed by atoms with E-state index in [0.717, 1.165) is 105 Å². The summed E-state index contributed by atoms with van der Waals surface area (Å²) in [5, 5.41) is 11.4. The quantitative estimate of drug-likeness (QED) is 0.144. The fourth-order valence-corrected chi connectivity index (χ4v) is 12.1. The molecule has 0 N–H and O–H groups in total. The highest BCUT2D eigenvalue weighted by atomic mass is 16.3. The number of anilines is 6. The topological polar surface area (TPSA) is 37.7 Å². The molecule has 0 unspecified atom stereocenters. The summed E-state index contributed by atoms with van der Waals surface area (Å²) in [7, 11) is 0. The molecule has 5 heteroatoms. The van der Waals surface area contributed by atoms with Gasteiger partial charge in [0.15, 0.2) is 0 Å². The third kappa shape index (κ3) is 7.47. The van der Waals surface area contributed by atoms with E-state index in [0.29, 0.717) is 0 Å². The first-order chi connectivity index (χ1) is 39.1. The summed E-state index contributed by atoms with van der Waals surface area (Å²) in [5.41, 5.74) is 17.8. The van der Waals surface area contributed by atoms with Crippen LogP contribution in [0.5, 0.6) is 0 Å². The van der Waals surface area contributed by atoms with E-state index in [1.165, 1.54) is 43.8 Å². The fraction of sp³-hybridized carbons (Fsp3) is 0. The van der Waals surface area contributed by atoms with Crippen LogP contribution >= 0.6 is 0 Å². The maximum Gasteiger partial charge on any atom is 0.135 e. The third-order valence-corrected chi connectivity index (χ3v) is 15.9. The zero-order chi connectivity index (χ0) is 52.0. The number of benzene rings is 13. The van der Waals surface area contributed by atoms with Gasteiger partial charge >= 0.3 is 0 Å². The Hall–Kier alpha value is -10.6. The number of fused-ring (bicyclic) bond motifs is 11. The van der Waals surface area contributed by atoms with Crippen LogP contribution < -0.4 is 9.80 Å². The van der Waals surface area contributed by atoms with Crippen molar-refractivity contribution in [2.24, 2.45) is 0 Å². The van der Waals surface area contributed by atoms with Gasteiger partial charge < -0.3 is 23.2 Å². The molecule has 0 atom stereocenters. The molecule has 0 bridgehead atoms. The molecule has 16 aromatic rings. The molecule has 0 aliphatic heterocycles. The van der Waals surface area contributed by atoms with Crippen molar-refractivity contribution >= 4 is 121 Å². The lowest BCUT2D eigenvalue weighted by molar-refractivity contribution is 0.668. The molecule has 13 aromatic carbocycles. The van der Waals surface area contributed by atoms with Gasteiger partial charge in [0.05, 0.1) is 16.7 Å². The molecule has 0 radical (unpaired) electrons. The summed E-state index contributed by atoms with van der Waals surface area (Å²) in [5.74, 6) is 0. The molecule has 0 amide bonds. The van der Waals surface area contributed by atoms with Crippen LogP contribution in [0.25, 0.3) is 115 Å². The number of hydrogen-bond acceptors (Lipinski definition) is 4. The normalized spacial score (nSPS) is 11.8. The van der Waals surface area contributed by atoms with Crippen molar-refractivity contribution in [1.82, 2.24) is 4.57 Å². The van der Waals surface area contributed by atoms with Crippen LogP contribution in [0, 0.1) is 0 Å². The van der Waals surface area contributed by atoms with Crippen molar-refractivity contribution in [2.75, 3.05) is 9.80 Å². The molecule has 0 spiro atoms. The zero-order valence-electron chi connectivity index (χ0n) is 42.8. The van der Waals surface area contributed by atoms with Crippen molar-refractivity contribution < 1.29 is 8.83 Å². The molecule has 3 aromatic heterocycles. The molecule has 0 saturated carbocycles. The summed E-state index contributed by atoms with van der Waals surface area (Å²) < 4.78 is 15.2. The molecule has 5 nitrogen and oxygen atoms in total. The molecular formula is C74H47N3O2. The zero-order valence-corrected chi connectivity index (χ0v) is 42.8. The van der Waals surface area contributed by atoms with E-state index in [2.05, 4.69) is 275 Å². The SMILES string of the molecule is c1ccc(-c2ccc(N(c3ccc4cc5c6ccc(N(c7ccc(-c8ccccc8)cc7)c7ccc8oc9ccccc9c8c7)cc6n(-c6cccc7ccccc67)c5cc4c3)c3ccc4oc5ccccc5c4c3)cc2)cc1. The smallest absolute Gasteiger partial charge is 0.135 e. The minimum absolute atomic E-state index is 0.864. The van der Waals surface area contributed by atoms with Gasteiger partial charge in [-0.1, -0.05) is 170 Å². The Morgan fingerprint density at radius 3 is 1.28 bits per heavy atom. The van der Waals surface area contributed by atoms with Crippen LogP contribution in [0.15, 0.2) is 294 Å². The first-order valence-electron chi connectivity index (χ1n) is 26.9. The number of furan rings is 2. The second-order valence-electron chi connectivity index (χ2n) is 20.5. The van der Waals surface area contributed by atoms with Crippen LogP contribution in [0.1, 0.15) is 0 Å². The summed E-state index contributed by atoms with van der Waals surface area (Å²) in [6.07, 6.45) is 0. The second-order valence-corrected chi connectivity index (χ2v) is 20.5. The minimum Gasteiger partial charge on any atom is -0.456 e. The first kappa shape index (κ1) is 44.7. The second kappa shape index (κ2) is 18.0. The van der Waals surface area contributed by atoms with Crippen LogP contribution in [0.2, 0.25) is 0 Å². The lowest BCUT2D eigenvalue weighted by atomic mass is 10.0. The average molecular weight is 1010 g/mol. The average Bonchev–Trinajstić information content (AvgIpc) is 4.38. The van der Waals surface area contributed by atoms with Crippen molar-refractivity contribution in [3.05, 3.63) is 285 Å². The van der Waals surface area contributed by atoms with Gasteiger partial charge in [-0.15, -0.1) is 0 Å². The number of para-hydroxylation sites is 2. The van der Waals surface area contributed by atoms with Gasteiger partial charge in [0.2, 0.25) is 0 Å². The maximum atomic E-state index is 6.37. The summed E-state index contributed by atoms with van der Waals surface area (Å²) >= 11 is 0. The first-order valence-corrected chi connectivity index (χ1v) is 26.9. The van der Waals surface area contributed by atoms with E-state index in [4.69, 9.17) is 8.83 Å². The summed E-state index contributed by atoms with van der Waals surface area (Å²) in [6.45, 7) is 0. The highest BCUT2D eigenvalue weighted by molar-refractivity contribution is 6.16. The van der Waals surface area contributed by atoms with E-state index >= 15 is 0 Å². The van der Waals surface area contributed by atoms with Gasteiger partial charge in [-0.2, -0.15) is 0 Å².